The van der Waals surface area contributed by atoms with Crippen LogP contribution in [0.25, 0.3) is 0 Å². The lowest BCUT2D eigenvalue weighted by molar-refractivity contribution is -0.141. The first-order chi connectivity index (χ1) is 22.8. The number of likely N-dealkylation sites (N-methyl/N-ethyl adjacent to an activating group) is 3. The Morgan fingerprint density at radius 3 is 2.04 bits per heavy atom. The summed E-state index contributed by atoms with van der Waals surface area (Å²) in [5.74, 6) is 0.148. The lowest BCUT2D eigenvalue weighted by atomic mass is 9.87. The van der Waals surface area contributed by atoms with E-state index < -0.39 is 6.04 Å². The molecule has 1 atom stereocenters. The molecule has 274 valence electrons. The minimum absolute atomic E-state index is 0.0276. The second-order valence-electron chi connectivity index (χ2n) is 13.9. The third-order valence-corrected chi connectivity index (χ3v) is 8.31. The molecule has 3 fully saturated rings. The van der Waals surface area contributed by atoms with Gasteiger partial charge in [0.2, 0.25) is 23.6 Å². The molecule has 1 unspecified atom stereocenters. The third-order valence-electron chi connectivity index (χ3n) is 8.31. The second kappa shape index (κ2) is 24.1. The van der Waals surface area contributed by atoms with E-state index in [-0.39, 0.29) is 49.1 Å². The maximum Gasteiger partial charge on any atom is 0.243 e. The predicted molar refractivity (Wildman–Crippen MR) is 192 cm³/mol. The summed E-state index contributed by atoms with van der Waals surface area (Å²) in [7, 11) is 4.82. The zero-order chi connectivity index (χ0) is 36.1. The van der Waals surface area contributed by atoms with Crippen LogP contribution >= 0.6 is 0 Å². The normalized spacial score (nSPS) is 19.9. The Balaban J connectivity index is 0.000000447. The molecule has 10 nitrogen and oxygen atoms in total. The Kier molecular flexibility index (Phi) is 21.6. The van der Waals surface area contributed by atoms with E-state index in [1.807, 2.05) is 13.0 Å². The van der Waals surface area contributed by atoms with Gasteiger partial charge in [0.05, 0.1) is 19.6 Å². The maximum absolute atomic E-state index is 12.9. The van der Waals surface area contributed by atoms with Crippen LogP contribution in [-0.2, 0) is 19.2 Å². The molecule has 0 aromatic heterocycles. The van der Waals surface area contributed by atoms with Gasteiger partial charge >= 0.3 is 0 Å². The van der Waals surface area contributed by atoms with Gasteiger partial charge in [0.15, 0.2) is 0 Å². The minimum atomic E-state index is -0.653. The molecule has 2 saturated heterocycles. The van der Waals surface area contributed by atoms with Crippen molar-refractivity contribution in [3.63, 3.8) is 0 Å². The van der Waals surface area contributed by atoms with Crippen LogP contribution in [0.3, 0.4) is 0 Å². The summed E-state index contributed by atoms with van der Waals surface area (Å²) in [5.41, 5.74) is 7.83. The fraction of sp³-hybridized carbons (Fsp3) is 0.730. The largest absolute Gasteiger partial charge is 0.345 e. The molecule has 4 N–H and O–H groups in total. The molecule has 4 rings (SSSR count). The average molecular weight is 677 g/mol. The Labute approximate surface area is 289 Å². The Hall–Kier alpha value is -3.05. The van der Waals surface area contributed by atoms with Crippen molar-refractivity contribution in [3.05, 3.63) is 35.1 Å². The first-order valence-corrected chi connectivity index (χ1v) is 18.0. The number of hydrogen-bond acceptors (Lipinski definition) is 6. The summed E-state index contributed by atoms with van der Waals surface area (Å²) < 4.78 is 12.9. The van der Waals surface area contributed by atoms with E-state index in [1.165, 1.54) is 54.5 Å². The lowest BCUT2D eigenvalue weighted by Crippen LogP contribution is -2.51. The number of halogens is 1. The summed E-state index contributed by atoms with van der Waals surface area (Å²) in [6.07, 6.45) is 12.0. The van der Waals surface area contributed by atoms with Crippen molar-refractivity contribution >= 4 is 23.6 Å². The molecule has 0 spiro atoms. The second-order valence-corrected chi connectivity index (χ2v) is 13.9. The number of aryl methyl sites for hydroxylation is 1. The van der Waals surface area contributed by atoms with E-state index in [1.54, 1.807) is 31.1 Å². The number of carbonyl (C=O) groups is 4. The number of nitrogens with one attached hydrogen (secondary N) is 2. The minimum Gasteiger partial charge on any atom is -0.345 e. The van der Waals surface area contributed by atoms with Gasteiger partial charge in [-0.15, -0.1) is 0 Å². The fourth-order valence-corrected chi connectivity index (χ4v) is 5.22. The molecular weight excluding hydrogens is 611 g/mol. The number of rotatable bonds is 3. The van der Waals surface area contributed by atoms with Crippen LogP contribution in [0.1, 0.15) is 108 Å². The predicted octanol–water partition coefficient (Wildman–Crippen LogP) is 4.59. The van der Waals surface area contributed by atoms with Crippen LogP contribution in [0.2, 0.25) is 0 Å². The Morgan fingerprint density at radius 2 is 1.48 bits per heavy atom. The number of hydrogen-bond donors (Lipinski definition) is 3. The molecule has 1 aliphatic carbocycles. The molecule has 2 aliphatic heterocycles. The van der Waals surface area contributed by atoms with Gasteiger partial charge < -0.3 is 31.1 Å². The molecule has 48 heavy (non-hydrogen) atoms. The van der Waals surface area contributed by atoms with Gasteiger partial charge in [-0.3, -0.25) is 19.2 Å². The van der Waals surface area contributed by atoms with Crippen molar-refractivity contribution in [2.75, 3.05) is 60.4 Å². The van der Waals surface area contributed by atoms with Crippen LogP contribution < -0.4 is 16.4 Å². The van der Waals surface area contributed by atoms with Crippen molar-refractivity contribution in [1.82, 2.24) is 25.3 Å². The smallest absolute Gasteiger partial charge is 0.243 e. The highest BCUT2D eigenvalue weighted by molar-refractivity contribution is 5.91. The van der Waals surface area contributed by atoms with Crippen LogP contribution in [0, 0.1) is 18.7 Å². The lowest BCUT2D eigenvalue weighted by Gasteiger charge is -2.28. The van der Waals surface area contributed by atoms with Crippen LogP contribution in [0.4, 0.5) is 4.39 Å². The first kappa shape index (κ1) is 43.0. The summed E-state index contributed by atoms with van der Waals surface area (Å²) in [6, 6.07) is 4.50. The van der Waals surface area contributed by atoms with E-state index in [0.717, 1.165) is 56.7 Å². The summed E-state index contributed by atoms with van der Waals surface area (Å²) in [6.45, 7) is 10.9. The van der Waals surface area contributed by atoms with Crippen molar-refractivity contribution in [1.29, 1.82) is 0 Å². The molecule has 2 heterocycles. The monoisotopic (exact) mass is 677 g/mol. The molecular formula is C37H65FN6O4. The average Bonchev–Trinajstić information content (AvgIpc) is 3.94. The quantitative estimate of drug-likeness (QED) is 0.430. The van der Waals surface area contributed by atoms with Gasteiger partial charge in [-0.1, -0.05) is 71.8 Å². The SMILES string of the molecule is C1CC1.CC(C)C.CN1CCCCCCCC(N(C)C(=O)CN)C(=O)NCC(=O)N(C)CC1=O.Cc1cc(F)ccc1C1CCNCC1. The molecule has 3 aliphatic rings. The molecule has 1 saturated carbocycles. The van der Waals surface area contributed by atoms with Gasteiger partial charge in [0.1, 0.15) is 11.9 Å². The fourth-order valence-electron chi connectivity index (χ4n) is 5.22. The molecule has 11 heteroatoms. The zero-order valence-corrected chi connectivity index (χ0v) is 30.9. The Bertz CT molecular complexity index is 1100. The van der Waals surface area contributed by atoms with Crippen LogP contribution in [-0.4, -0.2) is 105 Å². The van der Waals surface area contributed by atoms with Crippen molar-refractivity contribution in [2.45, 2.75) is 110 Å². The summed E-state index contributed by atoms with van der Waals surface area (Å²) >= 11 is 0. The highest BCUT2D eigenvalue weighted by Crippen LogP contribution is 2.28. The highest BCUT2D eigenvalue weighted by Gasteiger charge is 2.27. The van der Waals surface area contributed by atoms with Gasteiger partial charge in [-0.2, -0.15) is 0 Å². The zero-order valence-electron chi connectivity index (χ0n) is 30.9. The van der Waals surface area contributed by atoms with Crippen LogP contribution in [0.5, 0.6) is 0 Å². The number of nitrogens with two attached hydrogens (primary N) is 1. The molecule has 1 aromatic rings. The van der Waals surface area contributed by atoms with Gasteiger partial charge in [-0.05, 0) is 80.8 Å². The number of benzene rings is 1. The topological polar surface area (TPSA) is 128 Å². The van der Waals surface area contributed by atoms with Gasteiger partial charge in [0, 0.05) is 27.7 Å². The van der Waals surface area contributed by atoms with Crippen LogP contribution in [0.15, 0.2) is 18.2 Å². The first-order valence-electron chi connectivity index (χ1n) is 18.0. The van der Waals surface area contributed by atoms with E-state index in [0.29, 0.717) is 18.9 Å². The van der Waals surface area contributed by atoms with Gasteiger partial charge in [0.25, 0.3) is 0 Å². The van der Waals surface area contributed by atoms with E-state index in [9.17, 15) is 23.6 Å². The Morgan fingerprint density at radius 1 is 0.917 bits per heavy atom. The summed E-state index contributed by atoms with van der Waals surface area (Å²) in [5, 5.41) is 5.93. The standard InChI is InChI=1S/C18H33N5O4.C12H16FN.C4H10.C3H6/c1-21-10-8-6-4-5-7-9-14(23(3)15(24)11-19)18(27)20-12-16(25)22(2)13-17(21)26;1-9-8-11(13)2-3-12(9)10-4-6-14-7-5-10;1-4(2)3;1-2-3-1/h14H,4-13,19H2,1-3H3,(H,20,27);2-3,8,10,14H,4-7H2,1H3;4H,1-3H3;1-3H2. The van der Waals surface area contributed by atoms with Gasteiger partial charge in [-0.25, -0.2) is 4.39 Å². The molecule has 4 amide bonds. The molecule has 1 aromatic carbocycles. The highest BCUT2D eigenvalue weighted by atomic mass is 19.1. The maximum atomic E-state index is 12.9. The number of amides is 4. The number of carbonyl (C=O) groups excluding carboxylic acids is 4. The van der Waals surface area contributed by atoms with Crippen molar-refractivity contribution in [2.24, 2.45) is 11.7 Å². The number of nitrogens with zero attached hydrogens (tertiary/aromatic N) is 3. The van der Waals surface area contributed by atoms with E-state index in [2.05, 4.69) is 31.4 Å². The van der Waals surface area contributed by atoms with E-state index >= 15 is 0 Å². The van der Waals surface area contributed by atoms with E-state index in [4.69, 9.17) is 5.73 Å². The van der Waals surface area contributed by atoms with Crippen molar-refractivity contribution < 1.29 is 23.6 Å². The van der Waals surface area contributed by atoms with Crippen molar-refractivity contribution in [3.8, 4) is 0 Å². The molecule has 0 radical (unpaired) electrons. The summed E-state index contributed by atoms with van der Waals surface area (Å²) in [4.78, 5) is 53.1. The molecule has 0 bridgehead atoms. The third kappa shape index (κ3) is 18.5. The number of piperidine rings is 1.